The van der Waals surface area contributed by atoms with E-state index in [1.807, 2.05) is 0 Å². The van der Waals surface area contributed by atoms with Crippen molar-refractivity contribution in [3.8, 4) is 17.5 Å². The molecule has 0 atom stereocenters. The first-order valence-corrected chi connectivity index (χ1v) is 6.51. The fourth-order valence-corrected chi connectivity index (χ4v) is 2.25. The van der Waals surface area contributed by atoms with E-state index in [9.17, 15) is 18.0 Å². The minimum Gasteiger partial charge on any atom is -0.306 e. The second kappa shape index (κ2) is 5.25. The predicted octanol–water partition coefficient (Wildman–Crippen LogP) is 3.48. The predicted molar refractivity (Wildman–Crippen MR) is 77.5 cm³/mol. The van der Waals surface area contributed by atoms with E-state index in [0.29, 0.717) is 10.9 Å². The van der Waals surface area contributed by atoms with Gasteiger partial charge in [0.2, 0.25) is 0 Å². The van der Waals surface area contributed by atoms with Crippen LogP contribution in [0.1, 0.15) is 11.1 Å². The first-order chi connectivity index (χ1) is 10.9. The summed E-state index contributed by atoms with van der Waals surface area (Å²) in [6.07, 6.45) is -4.67. The standard InChI is InChI=1S/C16H8F3N3O/c17-16(18,19)12-7-9(5-6-10(12)8-20)14-21-13-4-2-1-3-11(13)15(23)22-14/h1-7H,(H,21,22,23). The molecule has 3 aromatic rings. The summed E-state index contributed by atoms with van der Waals surface area (Å²) in [4.78, 5) is 18.7. The van der Waals surface area contributed by atoms with Crippen molar-refractivity contribution >= 4 is 10.9 Å². The summed E-state index contributed by atoms with van der Waals surface area (Å²) in [5.74, 6) is 0.0173. The largest absolute Gasteiger partial charge is 0.417 e. The van der Waals surface area contributed by atoms with Crippen molar-refractivity contribution in [2.75, 3.05) is 0 Å². The van der Waals surface area contributed by atoms with Crippen LogP contribution in [-0.2, 0) is 6.18 Å². The molecule has 114 valence electrons. The van der Waals surface area contributed by atoms with E-state index in [-0.39, 0.29) is 11.4 Å². The highest BCUT2D eigenvalue weighted by molar-refractivity contribution is 5.79. The first-order valence-electron chi connectivity index (χ1n) is 6.51. The maximum absolute atomic E-state index is 13.0. The number of halogens is 3. The molecule has 4 nitrogen and oxygen atoms in total. The number of nitrogens with zero attached hydrogens (tertiary/aromatic N) is 2. The van der Waals surface area contributed by atoms with Gasteiger partial charge in [-0.05, 0) is 30.3 Å². The zero-order valence-corrected chi connectivity index (χ0v) is 11.5. The summed E-state index contributed by atoms with van der Waals surface area (Å²) >= 11 is 0. The van der Waals surface area contributed by atoms with Gasteiger partial charge in [-0.25, -0.2) is 4.98 Å². The van der Waals surface area contributed by atoms with Crippen LogP contribution in [0.4, 0.5) is 13.2 Å². The lowest BCUT2D eigenvalue weighted by atomic mass is 10.0. The molecule has 0 fully saturated rings. The molecule has 2 aromatic carbocycles. The summed E-state index contributed by atoms with van der Waals surface area (Å²) in [6, 6.07) is 11.2. The summed E-state index contributed by atoms with van der Waals surface area (Å²) < 4.78 is 39.1. The molecule has 0 spiro atoms. The van der Waals surface area contributed by atoms with Gasteiger partial charge in [0.1, 0.15) is 5.82 Å². The van der Waals surface area contributed by atoms with Crippen LogP contribution < -0.4 is 5.56 Å². The Labute approximate surface area is 127 Å². The van der Waals surface area contributed by atoms with Crippen LogP contribution in [0.5, 0.6) is 0 Å². The van der Waals surface area contributed by atoms with Crippen LogP contribution in [0.3, 0.4) is 0 Å². The van der Waals surface area contributed by atoms with Crippen LogP contribution in [0.15, 0.2) is 47.3 Å². The van der Waals surface area contributed by atoms with E-state index in [1.165, 1.54) is 12.1 Å². The maximum atomic E-state index is 13.0. The number of benzene rings is 2. The Hall–Kier alpha value is -3.14. The highest BCUT2D eigenvalue weighted by Crippen LogP contribution is 2.34. The van der Waals surface area contributed by atoms with Crippen molar-refractivity contribution in [2.45, 2.75) is 6.18 Å². The van der Waals surface area contributed by atoms with Crippen LogP contribution in [-0.4, -0.2) is 9.97 Å². The number of alkyl halides is 3. The third kappa shape index (κ3) is 2.66. The van der Waals surface area contributed by atoms with Crippen molar-refractivity contribution in [3.63, 3.8) is 0 Å². The minimum atomic E-state index is -4.67. The third-order valence-electron chi connectivity index (χ3n) is 3.33. The molecule has 0 radical (unpaired) electrons. The van der Waals surface area contributed by atoms with Gasteiger partial charge in [0.05, 0.1) is 28.1 Å². The van der Waals surface area contributed by atoms with Crippen LogP contribution in [0.2, 0.25) is 0 Å². The van der Waals surface area contributed by atoms with Crippen molar-refractivity contribution < 1.29 is 13.2 Å². The van der Waals surface area contributed by atoms with E-state index in [0.717, 1.165) is 12.1 Å². The number of aromatic amines is 1. The van der Waals surface area contributed by atoms with Crippen molar-refractivity contribution in [3.05, 3.63) is 63.9 Å². The zero-order valence-electron chi connectivity index (χ0n) is 11.5. The summed E-state index contributed by atoms with van der Waals surface area (Å²) in [6.45, 7) is 0. The number of nitriles is 1. The normalized spacial score (nSPS) is 11.4. The van der Waals surface area contributed by atoms with Gasteiger partial charge in [0.25, 0.3) is 5.56 Å². The van der Waals surface area contributed by atoms with Gasteiger partial charge in [0, 0.05) is 5.56 Å². The Morgan fingerprint density at radius 1 is 1.13 bits per heavy atom. The smallest absolute Gasteiger partial charge is 0.306 e. The Morgan fingerprint density at radius 2 is 1.87 bits per heavy atom. The topological polar surface area (TPSA) is 69.5 Å². The highest BCUT2D eigenvalue weighted by atomic mass is 19.4. The number of para-hydroxylation sites is 1. The Kier molecular flexibility index (Phi) is 3.37. The van der Waals surface area contributed by atoms with E-state index in [4.69, 9.17) is 5.26 Å². The SMILES string of the molecule is N#Cc1ccc(-c2nc3ccccc3c(=O)[nH]2)cc1C(F)(F)F. The molecule has 23 heavy (non-hydrogen) atoms. The van der Waals surface area contributed by atoms with E-state index >= 15 is 0 Å². The fraction of sp³-hybridized carbons (Fsp3) is 0.0625. The lowest BCUT2D eigenvalue weighted by molar-refractivity contribution is -0.137. The second-order valence-electron chi connectivity index (χ2n) is 4.80. The van der Waals surface area contributed by atoms with Crippen molar-refractivity contribution in [2.24, 2.45) is 0 Å². The monoisotopic (exact) mass is 315 g/mol. The van der Waals surface area contributed by atoms with E-state index in [2.05, 4.69) is 9.97 Å². The van der Waals surface area contributed by atoms with E-state index < -0.39 is 22.9 Å². The number of nitrogens with one attached hydrogen (secondary N) is 1. The summed E-state index contributed by atoms with van der Waals surface area (Å²) in [5, 5.41) is 9.15. The molecule has 0 amide bonds. The maximum Gasteiger partial charge on any atom is 0.417 e. The lowest BCUT2D eigenvalue weighted by Gasteiger charge is -2.10. The van der Waals surface area contributed by atoms with Crippen molar-refractivity contribution in [1.29, 1.82) is 5.26 Å². The third-order valence-corrected chi connectivity index (χ3v) is 3.33. The highest BCUT2D eigenvalue weighted by Gasteiger charge is 2.34. The average Bonchev–Trinajstić information content (AvgIpc) is 2.53. The molecule has 1 N–H and O–H groups in total. The molecule has 0 unspecified atom stereocenters. The lowest BCUT2D eigenvalue weighted by Crippen LogP contribution is -2.11. The number of rotatable bonds is 1. The second-order valence-corrected chi connectivity index (χ2v) is 4.80. The Balaban J connectivity index is 2.24. The molecule has 0 saturated heterocycles. The van der Waals surface area contributed by atoms with Crippen LogP contribution >= 0.6 is 0 Å². The molecule has 1 aromatic heterocycles. The quantitative estimate of drug-likeness (QED) is 0.747. The average molecular weight is 315 g/mol. The zero-order chi connectivity index (χ0) is 16.6. The van der Waals surface area contributed by atoms with Crippen LogP contribution in [0, 0.1) is 11.3 Å². The molecule has 0 saturated carbocycles. The van der Waals surface area contributed by atoms with Gasteiger partial charge in [0.15, 0.2) is 0 Å². The summed E-state index contributed by atoms with van der Waals surface area (Å²) in [7, 11) is 0. The molecule has 0 aliphatic heterocycles. The van der Waals surface area contributed by atoms with E-state index in [1.54, 1.807) is 24.3 Å². The number of aromatic nitrogens is 2. The Morgan fingerprint density at radius 3 is 2.57 bits per heavy atom. The molecule has 0 bridgehead atoms. The van der Waals surface area contributed by atoms with Gasteiger partial charge in [-0.15, -0.1) is 0 Å². The van der Waals surface area contributed by atoms with Gasteiger partial charge in [-0.2, -0.15) is 18.4 Å². The van der Waals surface area contributed by atoms with Crippen LogP contribution in [0.25, 0.3) is 22.3 Å². The van der Waals surface area contributed by atoms with Crippen molar-refractivity contribution in [1.82, 2.24) is 9.97 Å². The molecule has 0 aliphatic carbocycles. The molecule has 3 rings (SSSR count). The Bertz CT molecular complexity index is 1000. The van der Waals surface area contributed by atoms with Gasteiger partial charge < -0.3 is 4.98 Å². The van der Waals surface area contributed by atoms with Gasteiger partial charge in [-0.3, -0.25) is 4.79 Å². The van der Waals surface area contributed by atoms with Gasteiger partial charge >= 0.3 is 6.18 Å². The van der Waals surface area contributed by atoms with Gasteiger partial charge in [-0.1, -0.05) is 12.1 Å². The number of hydrogen-bond donors (Lipinski definition) is 1. The number of H-pyrrole nitrogens is 1. The molecule has 7 heteroatoms. The molecular weight excluding hydrogens is 307 g/mol. The number of fused-ring (bicyclic) bond motifs is 1. The minimum absolute atomic E-state index is 0.0173. The number of hydrogen-bond acceptors (Lipinski definition) is 3. The summed E-state index contributed by atoms with van der Waals surface area (Å²) in [5.41, 5.74) is -1.52. The molecular formula is C16H8F3N3O. The fourth-order valence-electron chi connectivity index (χ4n) is 2.25. The first kappa shape index (κ1) is 14.8. The molecule has 1 heterocycles. The molecule has 0 aliphatic rings.